The quantitative estimate of drug-likeness (QED) is 0.830. The second kappa shape index (κ2) is 6.28. The van der Waals surface area contributed by atoms with Gasteiger partial charge in [0.25, 0.3) is 0 Å². The lowest BCUT2D eigenvalue weighted by atomic mass is 10.0. The molecule has 2 rings (SSSR count). The molecule has 1 aromatic rings. The summed E-state index contributed by atoms with van der Waals surface area (Å²) >= 11 is 0. The minimum atomic E-state index is 0. The van der Waals surface area contributed by atoms with E-state index in [-0.39, 0.29) is 30.9 Å². The van der Waals surface area contributed by atoms with Crippen LogP contribution in [0.15, 0.2) is 12.3 Å². The Hall–Kier alpha value is -0.350. The van der Waals surface area contributed by atoms with E-state index in [0.29, 0.717) is 13.2 Å². The summed E-state index contributed by atoms with van der Waals surface area (Å²) in [6.07, 6.45) is 2.91. The van der Waals surface area contributed by atoms with E-state index in [1.54, 1.807) is 0 Å². The van der Waals surface area contributed by atoms with Gasteiger partial charge in [-0.2, -0.15) is 0 Å². The molecule has 3 nitrogen and oxygen atoms in total. The Kier molecular flexibility index (Phi) is 6.13. The second-order valence-electron chi connectivity index (χ2n) is 3.35. The van der Waals surface area contributed by atoms with Crippen molar-refractivity contribution in [2.75, 3.05) is 6.61 Å². The summed E-state index contributed by atoms with van der Waals surface area (Å²) in [5.74, 6) is 0. The van der Waals surface area contributed by atoms with Crippen molar-refractivity contribution in [3.05, 3.63) is 29.1 Å². The molecule has 0 amide bonds. The van der Waals surface area contributed by atoms with Gasteiger partial charge in [-0.05, 0) is 17.5 Å². The lowest BCUT2D eigenvalue weighted by Gasteiger charge is -2.21. The summed E-state index contributed by atoms with van der Waals surface area (Å²) < 4.78 is 5.29. The number of aryl methyl sites for hydroxylation is 1. The molecule has 0 spiro atoms. The maximum Gasteiger partial charge on any atom is 0.0892 e. The van der Waals surface area contributed by atoms with Crippen LogP contribution in [0, 0.1) is 0 Å². The Bertz CT molecular complexity index is 320. The van der Waals surface area contributed by atoms with Gasteiger partial charge in [-0.25, -0.2) is 0 Å². The SMILES string of the molecule is CCc1cnc2c(c1)C(N)COC2.Cl.Cl. The molecule has 5 heteroatoms. The van der Waals surface area contributed by atoms with E-state index < -0.39 is 0 Å². The Balaban J connectivity index is 0.000000980. The molecule has 2 heterocycles. The number of hydrogen-bond donors (Lipinski definition) is 1. The van der Waals surface area contributed by atoms with Crippen LogP contribution in [0.3, 0.4) is 0 Å². The van der Waals surface area contributed by atoms with Crippen LogP contribution in [0.5, 0.6) is 0 Å². The molecule has 0 radical (unpaired) electrons. The van der Waals surface area contributed by atoms with Crippen molar-refractivity contribution in [1.82, 2.24) is 4.98 Å². The number of nitrogens with two attached hydrogens (primary N) is 1. The predicted molar refractivity (Wildman–Crippen MR) is 64.7 cm³/mol. The van der Waals surface area contributed by atoms with Crippen LogP contribution >= 0.6 is 24.8 Å². The third kappa shape index (κ3) is 3.05. The van der Waals surface area contributed by atoms with E-state index in [2.05, 4.69) is 18.0 Å². The molecular weight excluding hydrogens is 235 g/mol. The van der Waals surface area contributed by atoms with E-state index >= 15 is 0 Å². The monoisotopic (exact) mass is 250 g/mol. The van der Waals surface area contributed by atoms with Gasteiger partial charge in [0, 0.05) is 6.20 Å². The van der Waals surface area contributed by atoms with Gasteiger partial charge in [-0.15, -0.1) is 24.8 Å². The summed E-state index contributed by atoms with van der Waals surface area (Å²) in [5, 5.41) is 0. The first-order valence-corrected chi connectivity index (χ1v) is 4.62. The molecular formula is C10H16Cl2N2O. The number of fused-ring (bicyclic) bond motifs is 1. The first-order chi connectivity index (χ1) is 6.31. The van der Waals surface area contributed by atoms with Gasteiger partial charge in [0.2, 0.25) is 0 Å². The molecule has 1 aliphatic heterocycles. The molecule has 15 heavy (non-hydrogen) atoms. The maximum atomic E-state index is 5.90. The predicted octanol–water partition coefficient (Wildman–Crippen LogP) is 2.02. The lowest BCUT2D eigenvalue weighted by molar-refractivity contribution is 0.0891. The molecule has 0 saturated carbocycles. The van der Waals surface area contributed by atoms with Crippen LogP contribution < -0.4 is 5.73 Å². The van der Waals surface area contributed by atoms with Crippen molar-refractivity contribution in [2.45, 2.75) is 26.0 Å². The molecule has 1 aliphatic rings. The van der Waals surface area contributed by atoms with E-state index in [1.165, 1.54) is 5.56 Å². The Morgan fingerprint density at radius 1 is 1.53 bits per heavy atom. The highest BCUT2D eigenvalue weighted by atomic mass is 35.5. The molecule has 0 aliphatic carbocycles. The van der Waals surface area contributed by atoms with Gasteiger partial charge in [-0.1, -0.05) is 13.0 Å². The fourth-order valence-electron chi connectivity index (χ4n) is 1.56. The van der Waals surface area contributed by atoms with Gasteiger partial charge in [-0.3, -0.25) is 4.98 Å². The molecule has 86 valence electrons. The van der Waals surface area contributed by atoms with Crippen LogP contribution in [0.2, 0.25) is 0 Å². The number of pyridine rings is 1. The molecule has 2 N–H and O–H groups in total. The third-order valence-electron chi connectivity index (χ3n) is 2.40. The number of aromatic nitrogens is 1. The first-order valence-electron chi connectivity index (χ1n) is 4.62. The van der Waals surface area contributed by atoms with Gasteiger partial charge < -0.3 is 10.5 Å². The van der Waals surface area contributed by atoms with Crippen LogP contribution in [0.4, 0.5) is 0 Å². The normalized spacial score (nSPS) is 18.4. The van der Waals surface area contributed by atoms with Crippen LogP contribution in [0.1, 0.15) is 29.8 Å². The van der Waals surface area contributed by atoms with Crippen molar-refractivity contribution in [1.29, 1.82) is 0 Å². The number of nitrogens with zero attached hydrogens (tertiary/aromatic N) is 1. The average molecular weight is 251 g/mol. The molecule has 1 unspecified atom stereocenters. The Labute approximate surface area is 102 Å². The zero-order valence-corrected chi connectivity index (χ0v) is 10.2. The molecule has 0 bridgehead atoms. The van der Waals surface area contributed by atoms with E-state index in [0.717, 1.165) is 17.7 Å². The summed E-state index contributed by atoms with van der Waals surface area (Å²) in [6.45, 7) is 3.34. The zero-order chi connectivity index (χ0) is 9.26. The van der Waals surface area contributed by atoms with Gasteiger partial charge >= 0.3 is 0 Å². The van der Waals surface area contributed by atoms with Gasteiger partial charge in [0.15, 0.2) is 0 Å². The molecule has 0 aromatic carbocycles. The van der Waals surface area contributed by atoms with Crippen molar-refractivity contribution in [3.8, 4) is 0 Å². The van der Waals surface area contributed by atoms with E-state index in [9.17, 15) is 0 Å². The number of halogens is 2. The van der Waals surface area contributed by atoms with Crippen molar-refractivity contribution in [2.24, 2.45) is 5.73 Å². The minimum Gasteiger partial charge on any atom is -0.373 e. The smallest absolute Gasteiger partial charge is 0.0892 e. The average Bonchev–Trinajstić information content (AvgIpc) is 2.18. The highest BCUT2D eigenvalue weighted by molar-refractivity contribution is 5.85. The van der Waals surface area contributed by atoms with Gasteiger partial charge in [0.05, 0.1) is 24.9 Å². The van der Waals surface area contributed by atoms with Crippen molar-refractivity contribution in [3.63, 3.8) is 0 Å². The van der Waals surface area contributed by atoms with Crippen LogP contribution in [0.25, 0.3) is 0 Å². The molecule has 1 atom stereocenters. The molecule has 0 fully saturated rings. The fraction of sp³-hybridized carbons (Fsp3) is 0.500. The van der Waals surface area contributed by atoms with E-state index in [4.69, 9.17) is 10.5 Å². The summed E-state index contributed by atoms with van der Waals surface area (Å²) in [6, 6.07) is 2.15. The molecule has 1 aromatic heterocycles. The Morgan fingerprint density at radius 2 is 2.27 bits per heavy atom. The van der Waals surface area contributed by atoms with Crippen LogP contribution in [-0.2, 0) is 17.8 Å². The largest absolute Gasteiger partial charge is 0.373 e. The Morgan fingerprint density at radius 3 is 2.93 bits per heavy atom. The number of hydrogen-bond acceptors (Lipinski definition) is 3. The van der Waals surface area contributed by atoms with Crippen molar-refractivity contribution >= 4 is 24.8 Å². The third-order valence-corrected chi connectivity index (χ3v) is 2.40. The van der Waals surface area contributed by atoms with Gasteiger partial charge in [0.1, 0.15) is 0 Å². The highest BCUT2D eigenvalue weighted by Crippen LogP contribution is 2.22. The molecule has 0 saturated heterocycles. The first kappa shape index (κ1) is 14.6. The maximum absolute atomic E-state index is 5.90. The summed E-state index contributed by atoms with van der Waals surface area (Å²) in [4.78, 5) is 4.34. The second-order valence-corrected chi connectivity index (χ2v) is 3.35. The number of rotatable bonds is 1. The standard InChI is InChI=1S/C10H14N2O.2ClH/c1-2-7-3-8-9(11)5-13-6-10(8)12-4-7;;/h3-4,9H,2,5-6,11H2,1H3;2*1H. The summed E-state index contributed by atoms with van der Waals surface area (Å²) in [7, 11) is 0. The summed E-state index contributed by atoms with van der Waals surface area (Å²) in [5.41, 5.74) is 9.31. The minimum absolute atomic E-state index is 0. The van der Waals surface area contributed by atoms with E-state index in [1.807, 2.05) is 6.20 Å². The lowest BCUT2D eigenvalue weighted by Crippen LogP contribution is -2.24. The topological polar surface area (TPSA) is 48.1 Å². The van der Waals surface area contributed by atoms with Crippen LogP contribution in [-0.4, -0.2) is 11.6 Å². The van der Waals surface area contributed by atoms with Crippen molar-refractivity contribution < 1.29 is 4.74 Å². The highest BCUT2D eigenvalue weighted by Gasteiger charge is 2.18. The fourth-order valence-corrected chi connectivity index (χ4v) is 1.56. The zero-order valence-electron chi connectivity index (χ0n) is 8.60. The number of ether oxygens (including phenoxy) is 1.